The van der Waals surface area contributed by atoms with E-state index in [1.54, 1.807) is 0 Å². The fourth-order valence-electron chi connectivity index (χ4n) is 5.37. The largest absolute Gasteiger partial charge is 0.336 e. The van der Waals surface area contributed by atoms with Crippen LogP contribution in [0.25, 0.3) is 0 Å². The second kappa shape index (κ2) is 8.13. The summed E-state index contributed by atoms with van der Waals surface area (Å²) in [5, 5.41) is 0. The third-order valence-electron chi connectivity index (χ3n) is 7.09. The molecule has 3 aliphatic rings. The summed E-state index contributed by atoms with van der Waals surface area (Å²) in [6.07, 6.45) is 12.3. The van der Waals surface area contributed by atoms with Crippen LogP contribution in [0.1, 0.15) is 71.1 Å². The fraction of sp³-hybridized carbons (Fsp3) is 0.739. The second-order valence-electron chi connectivity index (χ2n) is 8.75. The van der Waals surface area contributed by atoms with Crippen LogP contribution < -0.4 is 0 Å². The van der Waals surface area contributed by atoms with E-state index in [0.29, 0.717) is 37.5 Å². The maximum absolute atomic E-state index is 14.9. The Labute approximate surface area is 160 Å². The third-order valence-corrected chi connectivity index (χ3v) is 7.09. The summed E-state index contributed by atoms with van der Waals surface area (Å²) in [5.74, 6) is -8.09. The van der Waals surface area contributed by atoms with Gasteiger partial charge in [-0.15, -0.1) is 6.58 Å². The Balaban J connectivity index is 1.77. The Bertz CT molecular complexity index is 585. The Morgan fingerprint density at radius 3 is 1.70 bits per heavy atom. The van der Waals surface area contributed by atoms with Crippen LogP contribution in [-0.2, 0) is 0 Å². The van der Waals surface area contributed by atoms with Gasteiger partial charge in [0.05, 0.1) is 0 Å². The first-order valence-corrected chi connectivity index (χ1v) is 10.6. The molecule has 0 heterocycles. The normalized spacial score (nSPS) is 35.9. The lowest BCUT2D eigenvalue weighted by atomic mass is 9.70. The van der Waals surface area contributed by atoms with E-state index in [4.69, 9.17) is 0 Å². The molecule has 0 amide bonds. The molecule has 0 atom stereocenters. The van der Waals surface area contributed by atoms with Gasteiger partial charge in [0.15, 0.2) is 0 Å². The van der Waals surface area contributed by atoms with Gasteiger partial charge < -0.3 is 0 Å². The summed E-state index contributed by atoms with van der Waals surface area (Å²) in [4.78, 5) is 0. The van der Waals surface area contributed by atoms with Crippen molar-refractivity contribution in [2.24, 2.45) is 23.7 Å². The molecule has 0 spiro atoms. The zero-order valence-corrected chi connectivity index (χ0v) is 16.3. The predicted molar refractivity (Wildman–Crippen MR) is 102 cm³/mol. The summed E-state index contributed by atoms with van der Waals surface area (Å²) in [6, 6.07) is 0. The van der Waals surface area contributed by atoms with Crippen molar-refractivity contribution < 1.29 is 17.6 Å². The van der Waals surface area contributed by atoms with Gasteiger partial charge in [-0.3, -0.25) is 0 Å². The van der Waals surface area contributed by atoms with Crippen LogP contribution in [0.3, 0.4) is 0 Å². The van der Waals surface area contributed by atoms with Crippen LogP contribution in [0.5, 0.6) is 0 Å². The van der Waals surface area contributed by atoms with Crippen LogP contribution in [0.15, 0.2) is 36.0 Å². The molecule has 27 heavy (non-hydrogen) atoms. The highest BCUT2D eigenvalue weighted by Gasteiger charge is 2.63. The first-order chi connectivity index (χ1) is 12.8. The molecule has 0 nitrogen and oxygen atoms in total. The van der Waals surface area contributed by atoms with E-state index in [0.717, 1.165) is 38.5 Å². The minimum absolute atomic E-state index is 0.323. The van der Waals surface area contributed by atoms with Gasteiger partial charge in [-0.25, -0.2) is 0 Å². The molecule has 2 fully saturated rings. The molecule has 0 N–H and O–H groups in total. The quantitative estimate of drug-likeness (QED) is 0.336. The molecule has 2 saturated carbocycles. The number of rotatable bonds is 5. The first-order valence-electron chi connectivity index (χ1n) is 10.6. The minimum atomic E-state index is -4.07. The Hall–Kier alpha value is -1.06. The lowest BCUT2D eigenvalue weighted by Gasteiger charge is -2.41. The van der Waals surface area contributed by atoms with Gasteiger partial charge in [-0.2, -0.15) is 17.6 Å². The van der Waals surface area contributed by atoms with Crippen LogP contribution in [0.4, 0.5) is 17.6 Å². The lowest BCUT2D eigenvalue weighted by molar-refractivity contribution is -0.173. The summed E-state index contributed by atoms with van der Waals surface area (Å²) in [6.45, 7) is 5.88. The first kappa shape index (κ1) is 20.7. The average Bonchev–Trinajstić information content (AvgIpc) is 2.65. The maximum atomic E-state index is 14.9. The zero-order valence-electron chi connectivity index (χ0n) is 16.3. The monoisotopic (exact) mass is 384 g/mol. The van der Waals surface area contributed by atoms with E-state index in [9.17, 15) is 17.6 Å². The van der Waals surface area contributed by atoms with Crippen molar-refractivity contribution in [2.75, 3.05) is 0 Å². The number of hydrogen-bond donors (Lipinski definition) is 0. The van der Waals surface area contributed by atoms with Gasteiger partial charge in [0.2, 0.25) is 0 Å². The summed E-state index contributed by atoms with van der Waals surface area (Å²) < 4.78 is 59.8. The molecule has 3 rings (SSSR count). The molecule has 4 heteroatoms. The molecule has 0 aromatic heterocycles. The van der Waals surface area contributed by atoms with Crippen LogP contribution in [-0.4, -0.2) is 11.8 Å². The van der Waals surface area contributed by atoms with Crippen molar-refractivity contribution in [1.29, 1.82) is 0 Å². The third kappa shape index (κ3) is 3.91. The molecule has 0 bridgehead atoms. The van der Waals surface area contributed by atoms with E-state index in [2.05, 4.69) is 13.5 Å². The van der Waals surface area contributed by atoms with E-state index in [-0.39, 0.29) is 11.1 Å². The van der Waals surface area contributed by atoms with E-state index >= 15 is 0 Å². The molecule has 152 valence electrons. The summed E-state index contributed by atoms with van der Waals surface area (Å²) >= 11 is 0. The second-order valence-corrected chi connectivity index (χ2v) is 8.75. The van der Waals surface area contributed by atoms with Crippen LogP contribution >= 0.6 is 0 Å². The topological polar surface area (TPSA) is 0 Å². The van der Waals surface area contributed by atoms with Gasteiger partial charge in [-0.05, 0) is 75.0 Å². The molecule has 0 aromatic carbocycles. The molecule has 3 aliphatic carbocycles. The van der Waals surface area contributed by atoms with Crippen molar-refractivity contribution in [3.63, 3.8) is 0 Å². The van der Waals surface area contributed by atoms with Gasteiger partial charge in [-0.1, -0.05) is 38.0 Å². The van der Waals surface area contributed by atoms with Crippen LogP contribution in [0.2, 0.25) is 0 Å². The minimum Gasteiger partial charge on any atom is -0.194 e. The standard InChI is InChI=1S/C23H32F4/c1-3-5-17-8-12-19(13-9-17)21-15-14-20(22(24,25)23(21,26)27)18-10-6-16(4-2)7-11-18/h4,14-19H,2-3,5-13H2,1H3. The molecule has 0 radical (unpaired) electrons. The summed E-state index contributed by atoms with van der Waals surface area (Å²) in [7, 11) is 0. The predicted octanol–water partition coefficient (Wildman–Crippen LogP) is 7.72. The number of alkyl halides is 4. The maximum Gasteiger partial charge on any atom is 0.336 e. The van der Waals surface area contributed by atoms with Gasteiger partial charge in [0.25, 0.3) is 0 Å². The zero-order chi connectivity index (χ0) is 19.7. The molecule has 0 unspecified atom stereocenters. The van der Waals surface area contributed by atoms with Gasteiger partial charge >= 0.3 is 11.8 Å². The summed E-state index contributed by atoms with van der Waals surface area (Å²) in [5.41, 5.74) is -0.676. The van der Waals surface area contributed by atoms with E-state index in [1.807, 2.05) is 6.08 Å². The highest BCUT2D eigenvalue weighted by molar-refractivity contribution is 5.40. The van der Waals surface area contributed by atoms with Gasteiger partial charge in [0.1, 0.15) is 0 Å². The van der Waals surface area contributed by atoms with Crippen molar-refractivity contribution in [3.05, 3.63) is 36.0 Å². The molecular formula is C23H32F4. The fourth-order valence-corrected chi connectivity index (χ4v) is 5.37. The molecule has 0 aliphatic heterocycles. The molecule has 0 aromatic rings. The molecular weight excluding hydrogens is 352 g/mol. The van der Waals surface area contributed by atoms with Crippen molar-refractivity contribution in [2.45, 2.75) is 83.0 Å². The molecule has 0 saturated heterocycles. The van der Waals surface area contributed by atoms with Crippen molar-refractivity contribution >= 4 is 0 Å². The van der Waals surface area contributed by atoms with Crippen molar-refractivity contribution in [1.82, 2.24) is 0 Å². The number of allylic oxidation sites excluding steroid dienone is 5. The Morgan fingerprint density at radius 1 is 0.852 bits per heavy atom. The smallest absolute Gasteiger partial charge is 0.194 e. The SMILES string of the molecule is C=CC1CCC(C2=CC=C(C3CCC(CCC)CC3)C(F)(F)C2(F)F)CC1. The number of hydrogen-bond acceptors (Lipinski definition) is 0. The van der Waals surface area contributed by atoms with Gasteiger partial charge in [0, 0.05) is 11.1 Å². The Kier molecular flexibility index (Phi) is 6.22. The van der Waals surface area contributed by atoms with Crippen molar-refractivity contribution in [3.8, 4) is 0 Å². The highest BCUT2D eigenvalue weighted by atomic mass is 19.3. The van der Waals surface area contributed by atoms with E-state index in [1.165, 1.54) is 12.2 Å². The lowest BCUT2D eigenvalue weighted by Crippen LogP contribution is -2.49. The highest BCUT2D eigenvalue weighted by Crippen LogP contribution is 2.55. The average molecular weight is 385 g/mol. The van der Waals surface area contributed by atoms with E-state index < -0.39 is 23.7 Å². The number of halogens is 4. The Morgan fingerprint density at radius 2 is 1.30 bits per heavy atom. The van der Waals surface area contributed by atoms with Crippen LogP contribution in [0, 0.1) is 23.7 Å².